The zero-order chi connectivity index (χ0) is 18.4. The van der Waals surface area contributed by atoms with Gasteiger partial charge >= 0.3 is 0 Å². The third-order valence-corrected chi connectivity index (χ3v) is 4.61. The smallest absolute Gasteiger partial charge is 0.248 e. The van der Waals surface area contributed by atoms with E-state index >= 15 is 0 Å². The summed E-state index contributed by atoms with van der Waals surface area (Å²) in [7, 11) is 0. The van der Waals surface area contributed by atoms with Gasteiger partial charge in [-0.1, -0.05) is 17.7 Å². The van der Waals surface area contributed by atoms with E-state index in [0.717, 1.165) is 30.8 Å². The summed E-state index contributed by atoms with van der Waals surface area (Å²) in [6, 6.07) is 10.1. The molecule has 1 aromatic carbocycles. The average Bonchev–Trinajstić information content (AvgIpc) is 2.68. The molecule has 0 radical (unpaired) electrons. The van der Waals surface area contributed by atoms with Gasteiger partial charge in [0.05, 0.1) is 5.69 Å². The van der Waals surface area contributed by atoms with Gasteiger partial charge in [0.1, 0.15) is 6.61 Å². The number of ether oxygens (including phenoxy) is 1. The predicted octanol–water partition coefficient (Wildman–Crippen LogP) is 3.27. The summed E-state index contributed by atoms with van der Waals surface area (Å²) in [4.78, 5) is 23.1. The van der Waals surface area contributed by atoms with Crippen LogP contribution in [0.1, 0.15) is 36.9 Å². The molecule has 1 amide bonds. The van der Waals surface area contributed by atoms with Crippen LogP contribution in [0.3, 0.4) is 0 Å². The molecule has 138 valence electrons. The standard InChI is InChI=1S/C20H26N4O2/c1-3-26-14-19(25)24-12-4-5-16(13-24)18-10-11-21-20(23-18)22-17-8-6-15(2)7-9-17/h6-11,16H,3-5,12-14H2,1-2H3,(H,21,22,23)/t16-/m1/s1. The van der Waals surface area contributed by atoms with E-state index in [-0.39, 0.29) is 18.4 Å². The molecule has 26 heavy (non-hydrogen) atoms. The molecule has 0 unspecified atom stereocenters. The van der Waals surface area contributed by atoms with E-state index in [1.807, 2.05) is 30.0 Å². The van der Waals surface area contributed by atoms with Gasteiger partial charge in [0, 0.05) is 37.5 Å². The molecule has 1 aliphatic rings. The highest BCUT2D eigenvalue weighted by Gasteiger charge is 2.25. The van der Waals surface area contributed by atoms with E-state index in [1.165, 1.54) is 5.56 Å². The molecule has 0 bridgehead atoms. The van der Waals surface area contributed by atoms with Crippen LogP contribution in [0.4, 0.5) is 11.6 Å². The first-order chi connectivity index (χ1) is 12.7. The largest absolute Gasteiger partial charge is 0.372 e. The number of nitrogens with one attached hydrogen (secondary N) is 1. The fraction of sp³-hybridized carbons (Fsp3) is 0.450. The maximum atomic E-state index is 12.2. The normalized spacial score (nSPS) is 17.2. The van der Waals surface area contributed by atoms with Crippen LogP contribution >= 0.6 is 0 Å². The van der Waals surface area contributed by atoms with Gasteiger partial charge in [-0.05, 0) is 44.9 Å². The van der Waals surface area contributed by atoms with Crippen molar-refractivity contribution in [2.24, 2.45) is 0 Å². The molecule has 1 aliphatic heterocycles. The predicted molar refractivity (Wildman–Crippen MR) is 102 cm³/mol. The molecule has 1 atom stereocenters. The number of rotatable bonds is 6. The van der Waals surface area contributed by atoms with Crippen molar-refractivity contribution in [1.82, 2.24) is 14.9 Å². The summed E-state index contributed by atoms with van der Waals surface area (Å²) in [5.74, 6) is 0.878. The Hall–Kier alpha value is -2.47. The van der Waals surface area contributed by atoms with E-state index in [2.05, 4.69) is 34.3 Å². The van der Waals surface area contributed by atoms with Gasteiger partial charge in [-0.3, -0.25) is 4.79 Å². The Morgan fingerprint density at radius 3 is 2.88 bits per heavy atom. The van der Waals surface area contributed by atoms with Crippen molar-refractivity contribution in [1.29, 1.82) is 0 Å². The first kappa shape index (κ1) is 18.3. The fourth-order valence-electron chi connectivity index (χ4n) is 3.15. The van der Waals surface area contributed by atoms with Gasteiger partial charge in [0.2, 0.25) is 11.9 Å². The Labute approximate surface area is 154 Å². The number of likely N-dealkylation sites (tertiary alicyclic amines) is 1. The number of carbonyl (C=O) groups is 1. The number of benzene rings is 1. The van der Waals surface area contributed by atoms with Gasteiger partial charge in [0.15, 0.2) is 0 Å². The van der Waals surface area contributed by atoms with Crippen molar-refractivity contribution in [2.45, 2.75) is 32.6 Å². The third-order valence-electron chi connectivity index (χ3n) is 4.61. The van der Waals surface area contributed by atoms with Crippen molar-refractivity contribution in [3.8, 4) is 0 Å². The minimum atomic E-state index is 0.0589. The molecule has 3 rings (SSSR count). The van der Waals surface area contributed by atoms with Gasteiger partial charge in [-0.15, -0.1) is 0 Å². The topological polar surface area (TPSA) is 67.3 Å². The Kier molecular flexibility index (Phi) is 6.17. The number of amides is 1. The summed E-state index contributed by atoms with van der Waals surface area (Å²) in [6.07, 6.45) is 3.78. The van der Waals surface area contributed by atoms with Crippen LogP contribution in [0.5, 0.6) is 0 Å². The van der Waals surface area contributed by atoms with Crippen molar-refractivity contribution >= 4 is 17.5 Å². The van der Waals surface area contributed by atoms with Crippen molar-refractivity contribution < 1.29 is 9.53 Å². The van der Waals surface area contributed by atoms with Crippen LogP contribution in [0.2, 0.25) is 0 Å². The third kappa shape index (κ3) is 4.79. The van der Waals surface area contributed by atoms with Crippen molar-refractivity contribution in [3.05, 3.63) is 47.8 Å². The molecular weight excluding hydrogens is 328 g/mol. The minimum absolute atomic E-state index is 0.0589. The molecule has 2 heterocycles. The number of aromatic nitrogens is 2. The summed E-state index contributed by atoms with van der Waals surface area (Å²) < 4.78 is 5.26. The molecule has 1 fully saturated rings. The summed E-state index contributed by atoms with van der Waals surface area (Å²) in [5.41, 5.74) is 3.15. The van der Waals surface area contributed by atoms with Gasteiger partial charge in [-0.25, -0.2) is 9.97 Å². The van der Waals surface area contributed by atoms with Gasteiger partial charge in [0.25, 0.3) is 0 Å². The summed E-state index contributed by atoms with van der Waals surface area (Å²) in [5, 5.41) is 3.25. The molecule has 0 saturated carbocycles. The van der Waals surface area contributed by atoms with Crippen molar-refractivity contribution in [3.63, 3.8) is 0 Å². The van der Waals surface area contributed by atoms with Crippen molar-refractivity contribution in [2.75, 3.05) is 31.6 Å². The Morgan fingerprint density at radius 2 is 2.12 bits per heavy atom. The Balaban J connectivity index is 1.67. The van der Waals surface area contributed by atoms with E-state index in [4.69, 9.17) is 4.74 Å². The molecule has 1 N–H and O–H groups in total. The van der Waals surface area contributed by atoms with E-state index < -0.39 is 0 Å². The lowest BCUT2D eigenvalue weighted by molar-refractivity contribution is -0.137. The lowest BCUT2D eigenvalue weighted by Crippen LogP contribution is -2.41. The van der Waals surface area contributed by atoms with Gasteiger partial charge in [-0.2, -0.15) is 0 Å². The lowest BCUT2D eigenvalue weighted by atomic mass is 9.94. The number of anilines is 2. The number of hydrogen-bond acceptors (Lipinski definition) is 5. The fourth-order valence-corrected chi connectivity index (χ4v) is 3.15. The van der Waals surface area contributed by atoms with Crippen LogP contribution in [-0.4, -0.2) is 47.1 Å². The first-order valence-corrected chi connectivity index (χ1v) is 9.18. The number of carbonyl (C=O) groups excluding carboxylic acids is 1. The van der Waals surface area contributed by atoms with Crippen LogP contribution in [0, 0.1) is 6.92 Å². The van der Waals surface area contributed by atoms with Crippen LogP contribution in [-0.2, 0) is 9.53 Å². The second-order valence-corrected chi connectivity index (χ2v) is 6.61. The average molecular weight is 354 g/mol. The molecule has 6 nitrogen and oxygen atoms in total. The molecule has 6 heteroatoms. The molecular formula is C20H26N4O2. The Morgan fingerprint density at radius 1 is 1.31 bits per heavy atom. The number of aryl methyl sites for hydroxylation is 1. The number of piperidine rings is 1. The van der Waals surface area contributed by atoms with E-state index in [0.29, 0.717) is 19.1 Å². The van der Waals surface area contributed by atoms with Crippen LogP contribution < -0.4 is 5.32 Å². The quantitative estimate of drug-likeness (QED) is 0.862. The van der Waals surface area contributed by atoms with Crippen LogP contribution in [0.25, 0.3) is 0 Å². The SMILES string of the molecule is CCOCC(=O)N1CCC[C@@H](c2ccnc(Nc3ccc(C)cc3)n2)C1. The number of hydrogen-bond donors (Lipinski definition) is 1. The second-order valence-electron chi connectivity index (χ2n) is 6.61. The molecule has 1 saturated heterocycles. The zero-order valence-electron chi connectivity index (χ0n) is 15.4. The minimum Gasteiger partial charge on any atom is -0.372 e. The lowest BCUT2D eigenvalue weighted by Gasteiger charge is -2.32. The highest BCUT2D eigenvalue weighted by atomic mass is 16.5. The monoisotopic (exact) mass is 354 g/mol. The second kappa shape index (κ2) is 8.76. The van der Waals surface area contributed by atoms with Gasteiger partial charge < -0.3 is 15.0 Å². The highest BCUT2D eigenvalue weighted by molar-refractivity contribution is 5.77. The maximum Gasteiger partial charge on any atom is 0.248 e. The van der Waals surface area contributed by atoms with E-state index in [1.54, 1.807) is 6.20 Å². The molecule has 2 aromatic rings. The maximum absolute atomic E-state index is 12.2. The summed E-state index contributed by atoms with van der Waals surface area (Å²) in [6.45, 7) is 6.16. The number of nitrogens with zero attached hydrogens (tertiary/aromatic N) is 3. The Bertz CT molecular complexity index is 733. The van der Waals surface area contributed by atoms with E-state index in [9.17, 15) is 4.79 Å². The molecule has 0 spiro atoms. The summed E-state index contributed by atoms with van der Waals surface area (Å²) >= 11 is 0. The first-order valence-electron chi connectivity index (χ1n) is 9.18. The zero-order valence-corrected chi connectivity index (χ0v) is 15.4. The highest BCUT2D eigenvalue weighted by Crippen LogP contribution is 2.26. The molecule has 0 aliphatic carbocycles. The molecule has 1 aromatic heterocycles. The van der Waals surface area contributed by atoms with Crippen LogP contribution in [0.15, 0.2) is 36.5 Å².